The maximum Gasteiger partial charge on any atom is 0.244 e. The smallest absolute Gasteiger partial charge is 0.244 e. The van der Waals surface area contributed by atoms with Crippen LogP contribution in [0.1, 0.15) is 5.56 Å². The topological polar surface area (TPSA) is 84.9 Å². The second-order valence-corrected chi connectivity index (χ2v) is 6.89. The van der Waals surface area contributed by atoms with Crippen LogP contribution in [0.3, 0.4) is 0 Å². The third kappa shape index (κ3) is 4.47. The van der Waals surface area contributed by atoms with Gasteiger partial charge in [-0.2, -0.15) is 0 Å². The van der Waals surface area contributed by atoms with Crippen molar-refractivity contribution in [2.75, 3.05) is 20.8 Å². The standard InChI is InChI=1S/C17H21NO5S/c1-22-15-8-9-16(23-2)17(11-15)24(20,21)18-14(12-19)10-13-6-4-3-5-7-13/h3-9,11,14,18-19H,10,12H2,1-2H3. The summed E-state index contributed by atoms with van der Waals surface area (Å²) in [5.74, 6) is 0.611. The van der Waals surface area contributed by atoms with Crippen LogP contribution in [-0.2, 0) is 16.4 Å². The van der Waals surface area contributed by atoms with Gasteiger partial charge in [0.25, 0.3) is 0 Å². The van der Waals surface area contributed by atoms with Gasteiger partial charge in [0.05, 0.1) is 20.8 Å². The molecule has 2 aromatic carbocycles. The molecule has 0 radical (unpaired) electrons. The third-order valence-electron chi connectivity index (χ3n) is 3.53. The number of nitrogens with one attached hydrogen (secondary N) is 1. The zero-order valence-electron chi connectivity index (χ0n) is 13.6. The van der Waals surface area contributed by atoms with Gasteiger partial charge in [0, 0.05) is 12.1 Å². The first-order valence-electron chi connectivity index (χ1n) is 7.39. The van der Waals surface area contributed by atoms with Crippen molar-refractivity contribution in [2.24, 2.45) is 0 Å². The number of aliphatic hydroxyl groups excluding tert-OH is 1. The van der Waals surface area contributed by atoms with E-state index in [2.05, 4.69) is 4.72 Å². The predicted octanol–water partition coefficient (Wildman–Crippen LogP) is 1.59. The molecule has 6 nitrogen and oxygen atoms in total. The lowest BCUT2D eigenvalue weighted by atomic mass is 10.1. The summed E-state index contributed by atoms with van der Waals surface area (Å²) in [6, 6.07) is 13.2. The van der Waals surface area contributed by atoms with Gasteiger partial charge in [-0.05, 0) is 24.1 Å². The molecule has 130 valence electrons. The minimum absolute atomic E-state index is 0.0316. The molecular formula is C17H21NO5S. The van der Waals surface area contributed by atoms with Gasteiger partial charge in [-0.25, -0.2) is 13.1 Å². The fourth-order valence-electron chi connectivity index (χ4n) is 2.32. The fourth-order valence-corrected chi connectivity index (χ4v) is 3.73. The zero-order chi connectivity index (χ0) is 17.6. The van der Waals surface area contributed by atoms with Crippen LogP contribution < -0.4 is 14.2 Å². The fraction of sp³-hybridized carbons (Fsp3) is 0.294. The summed E-state index contributed by atoms with van der Waals surface area (Å²) in [6.07, 6.45) is 0.378. The highest BCUT2D eigenvalue weighted by Gasteiger charge is 2.24. The monoisotopic (exact) mass is 351 g/mol. The highest BCUT2D eigenvalue weighted by atomic mass is 32.2. The zero-order valence-corrected chi connectivity index (χ0v) is 14.4. The molecule has 7 heteroatoms. The van der Waals surface area contributed by atoms with E-state index in [1.165, 1.54) is 26.4 Å². The molecule has 0 saturated carbocycles. The first kappa shape index (κ1) is 18.3. The number of ether oxygens (including phenoxy) is 2. The van der Waals surface area contributed by atoms with Crippen LogP contribution in [0.25, 0.3) is 0 Å². The lowest BCUT2D eigenvalue weighted by Crippen LogP contribution is -2.39. The number of benzene rings is 2. The lowest BCUT2D eigenvalue weighted by molar-refractivity contribution is 0.256. The van der Waals surface area contributed by atoms with Crippen molar-refractivity contribution < 1.29 is 23.0 Å². The number of aliphatic hydroxyl groups is 1. The molecule has 0 spiro atoms. The van der Waals surface area contributed by atoms with Crippen LogP contribution in [0.15, 0.2) is 53.4 Å². The van der Waals surface area contributed by atoms with Gasteiger partial charge in [0.2, 0.25) is 10.0 Å². The van der Waals surface area contributed by atoms with Crippen LogP contribution in [0.4, 0.5) is 0 Å². The third-order valence-corrected chi connectivity index (χ3v) is 5.07. The van der Waals surface area contributed by atoms with E-state index in [0.29, 0.717) is 12.2 Å². The van der Waals surface area contributed by atoms with E-state index in [4.69, 9.17) is 9.47 Å². The Bertz CT molecular complexity index is 762. The van der Waals surface area contributed by atoms with Gasteiger partial charge < -0.3 is 14.6 Å². The van der Waals surface area contributed by atoms with Gasteiger partial charge in [-0.3, -0.25) is 0 Å². The molecule has 0 saturated heterocycles. The Balaban J connectivity index is 2.26. The van der Waals surface area contributed by atoms with Gasteiger partial charge in [-0.15, -0.1) is 0 Å². The van der Waals surface area contributed by atoms with Crippen LogP contribution in [0.5, 0.6) is 11.5 Å². The largest absolute Gasteiger partial charge is 0.497 e. The lowest BCUT2D eigenvalue weighted by Gasteiger charge is -2.18. The van der Waals surface area contributed by atoms with Crippen molar-refractivity contribution in [1.82, 2.24) is 4.72 Å². The molecular weight excluding hydrogens is 330 g/mol. The molecule has 0 fully saturated rings. The first-order chi connectivity index (χ1) is 11.5. The van der Waals surface area contributed by atoms with Gasteiger partial charge in [0.15, 0.2) is 0 Å². The second kappa shape index (κ2) is 8.14. The van der Waals surface area contributed by atoms with Crippen LogP contribution >= 0.6 is 0 Å². The SMILES string of the molecule is COc1ccc(OC)c(S(=O)(=O)NC(CO)Cc2ccccc2)c1. The van der Waals surface area contributed by atoms with Gasteiger partial charge in [-0.1, -0.05) is 30.3 Å². The normalized spacial score (nSPS) is 12.6. The molecule has 0 aromatic heterocycles. The summed E-state index contributed by atoms with van der Waals surface area (Å²) in [5, 5.41) is 9.54. The second-order valence-electron chi connectivity index (χ2n) is 5.21. The Morgan fingerprint density at radius 2 is 1.79 bits per heavy atom. The summed E-state index contributed by atoms with van der Waals surface area (Å²) < 4.78 is 38.1. The van der Waals surface area contributed by atoms with Crippen molar-refractivity contribution in [3.8, 4) is 11.5 Å². The highest BCUT2D eigenvalue weighted by molar-refractivity contribution is 7.89. The van der Waals surface area contributed by atoms with Gasteiger partial charge >= 0.3 is 0 Å². The average Bonchev–Trinajstić information content (AvgIpc) is 2.61. The molecule has 0 aliphatic rings. The van der Waals surface area contributed by atoms with Crippen LogP contribution in [0.2, 0.25) is 0 Å². The van der Waals surface area contributed by atoms with Crippen molar-refractivity contribution in [2.45, 2.75) is 17.4 Å². The van der Waals surface area contributed by atoms with Crippen molar-refractivity contribution in [3.05, 3.63) is 54.1 Å². The van der Waals surface area contributed by atoms with Crippen molar-refractivity contribution in [3.63, 3.8) is 0 Å². The Kier molecular flexibility index (Phi) is 6.19. The van der Waals surface area contributed by atoms with E-state index in [9.17, 15) is 13.5 Å². The molecule has 0 bridgehead atoms. The molecule has 2 N–H and O–H groups in total. The van der Waals surface area contributed by atoms with E-state index < -0.39 is 16.1 Å². The van der Waals surface area contributed by atoms with Gasteiger partial charge in [0.1, 0.15) is 16.4 Å². The molecule has 2 rings (SSSR count). The maximum absolute atomic E-state index is 12.7. The number of sulfonamides is 1. The van der Waals surface area contributed by atoms with E-state index in [0.717, 1.165) is 5.56 Å². The van der Waals surface area contributed by atoms with Crippen LogP contribution in [0, 0.1) is 0 Å². The average molecular weight is 351 g/mol. The summed E-state index contributed by atoms with van der Waals surface area (Å²) >= 11 is 0. The van der Waals surface area contributed by atoms with E-state index in [1.54, 1.807) is 6.07 Å². The molecule has 1 unspecified atom stereocenters. The summed E-state index contributed by atoms with van der Waals surface area (Å²) in [5.41, 5.74) is 0.928. The minimum atomic E-state index is -3.88. The molecule has 0 amide bonds. The molecule has 1 atom stereocenters. The molecule has 0 aliphatic heterocycles. The number of rotatable bonds is 8. The molecule has 0 heterocycles. The quantitative estimate of drug-likeness (QED) is 0.754. The van der Waals surface area contributed by atoms with E-state index in [-0.39, 0.29) is 17.3 Å². The van der Waals surface area contributed by atoms with E-state index in [1.807, 2.05) is 30.3 Å². The molecule has 0 aliphatic carbocycles. The Morgan fingerprint density at radius 3 is 2.38 bits per heavy atom. The predicted molar refractivity (Wildman–Crippen MR) is 90.9 cm³/mol. The Morgan fingerprint density at radius 1 is 1.08 bits per heavy atom. The Hall–Kier alpha value is -2.09. The number of hydrogen-bond acceptors (Lipinski definition) is 5. The van der Waals surface area contributed by atoms with Crippen molar-refractivity contribution >= 4 is 10.0 Å². The summed E-state index contributed by atoms with van der Waals surface area (Å²) in [7, 11) is -1.03. The van der Waals surface area contributed by atoms with E-state index >= 15 is 0 Å². The number of methoxy groups -OCH3 is 2. The molecule has 2 aromatic rings. The minimum Gasteiger partial charge on any atom is -0.497 e. The van der Waals surface area contributed by atoms with Crippen molar-refractivity contribution in [1.29, 1.82) is 0 Å². The molecule has 24 heavy (non-hydrogen) atoms. The Labute approximate surface area is 142 Å². The summed E-state index contributed by atoms with van der Waals surface area (Å²) in [4.78, 5) is -0.0316. The first-order valence-corrected chi connectivity index (χ1v) is 8.87. The highest BCUT2D eigenvalue weighted by Crippen LogP contribution is 2.28. The maximum atomic E-state index is 12.7. The summed E-state index contributed by atoms with van der Waals surface area (Å²) in [6.45, 7) is -0.319. The van der Waals surface area contributed by atoms with Crippen LogP contribution in [-0.4, -0.2) is 40.4 Å². The number of hydrogen-bond donors (Lipinski definition) is 2.